The Labute approximate surface area is 184 Å². The average Bonchev–Trinajstić information content (AvgIpc) is 3.05. The van der Waals surface area contributed by atoms with E-state index in [1.807, 2.05) is 18.5 Å². The summed E-state index contributed by atoms with van der Waals surface area (Å²) in [5.41, 5.74) is 2.19. The van der Waals surface area contributed by atoms with Crippen LogP contribution in [0.3, 0.4) is 0 Å². The summed E-state index contributed by atoms with van der Waals surface area (Å²) in [4.78, 5) is 32.5. The van der Waals surface area contributed by atoms with Gasteiger partial charge in [-0.15, -0.1) is 0 Å². The molecule has 3 heterocycles. The van der Waals surface area contributed by atoms with Crippen molar-refractivity contribution < 1.29 is 27.9 Å². The molecule has 2 aromatic rings. The fourth-order valence-electron chi connectivity index (χ4n) is 4.19. The van der Waals surface area contributed by atoms with Gasteiger partial charge in [0.25, 0.3) is 0 Å². The maximum absolute atomic E-state index is 12.7. The number of carbonyl (C=O) groups is 2. The largest absolute Gasteiger partial charge is 0.490 e. The van der Waals surface area contributed by atoms with Gasteiger partial charge in [0.2, 0.25) is 5.91 Å². The Bertz CT molecular complexity index is 909. The van der Waals surface area contributed by atoms with Gasteiger partial charge in [0.15, 0.2) is 0 Å². The Balaban J connectivity index is 0.000000360. The summed E-state index contributed by atoms with van der Waals surface area (Å²) in [7, 11) is 0. The Kier molecular flexibility index (Phi) is 7.87. The van der Waals surface area contributed by atoms with Crippen LogP contribution in [0.4, 0.5) is 13.2 Å². The van der Waals surface area contributed by atoms with Crippen LogP contribution >= 0.6 is 0 Å². The molecule has 1 fully saturated rings. The van der Waals surface area contributed by atoms with Gasteiger partial charge in [-0.05, 0) is 30.9 Å². The highest BCUT2D eigenvalue weighted by molar-refractivity contribution is 5.76. The van der Waals surface area contributed by atoms with Crippen LogP contribution in [0, 0.1) is 5.92 Å². The number of carbonyl (C=O) groups excluding carboxylic acids is 1. The summed E-state index contributed by atoms with van der Waals surface area (Å²) in [6.07, 6.45) is 8.46. The van der Waals surface area contributed by atoms with E-state index in [-0.39, 0.29) is 0 Å². The molecule has 2 aromatic heterocycles. The normalized spacial score (nSPS) is 17.0. The molecule has 0 bridgehead atoms. The zero-order valence-electron chi connectivity index (χ0n) is 17.7. The second kappa shape index (κ2) is 10.6. The molecule has 4 rings (SSSR count). The number of alkyl halides is 3. The average molecular weight is 452 g/mol. The first kappa shape index (κ1) is 23.7. The number of hydrogen-bond acceptors (Lipinski definition) is 4. The van der Waals surface area contributed by atoms with Crippen LogP contribution in [-0.4, -0.2) is 55.7 Å². The van der Waals surface area contributed by atoms with E-state index in [2.05, 4.69) is 25.5 Å². The standard InChI is InChI=1S/C20H26N4O.C2HF3O2/c25-20(13-16-5-2-1-3-6-16)23-10-8-19-22-15-18(24(19)12-11-23)17-7-4-9-21-14-17;3-2(4,5)1(6)7/h4,7,9,14-16H,1-3,5-6,8,10-13H2;(H,6,7). The lowest BCUT2D eigenvalue weighted by atomic mass is 9.86. The number of pyridine rings is 1. The Morgan fingerprint density at radius 3 is 2.44 bits per heavy atom. The van der Waals surface area contributed by atoms with Crippen LogP contribution in [-0.2, 0) is 22.6 Å². The van der Waals surface area contributed by atoms with Crippen LogP contribution in [0.5, 0.6) is 0 Å². The van der Waals surface area contributed by atoms with Crippen LogP contribution in [0.25, 0.3) is 11.3 Å². The molecule has 2 aliphatic rings. The van der Waals surface area contributed by atoms with Crippen LogP contribution < -0.4 is 0 Å². The van der Waals surface area contributed by atoms with Crippen LogP contribution in [0.2, 0.25) is 0 Å². The zero-order chi connectivity index (χ0) is 23.1. The lowest BCUT2D eigenvalue weighted by Gasteiger charge is -2.25. The van der Waals surface area contributed by atoms with Crippen molar-refractivity contribution in [1.82, 2.24) is 19.4 Å². The Hall–Kier alpha value is -2.91. The lowest BCUT2D eigenvalue weighted by molar-refractivity contribution is -0.192. The number of halogens is 3. The summed E-state index contributed by atoms with van der Waals surface area (Å²) in [5, 5.41) is 7.12. The minimum absolute atomic E-state index is 0.334. The van der Waals surface area contributed by atoms with Gasteiger partial charge in [0.1, 0.15) is 5.82 Å². The first-order valence-electron chi connectivity index (χ1n) is 10.8. The maximum atomic E-state index is 12.7. The molecule has 174 valence electrons. The van der Waals surface area contributed by atoms with Crippen molar-refractivity contribution in [3.63, 3.8) is 0 Å². The highest BCUT2D eigenvalue weighted by Gasteiger charge is 2.38. The fourth-order valence-corrected chi connectivity index (χ4v) is 4.19. The van der Waals surface area contributed by atoms with E-state index in [0.717, 1.165) is 49.6 Å². The molecule has 0 atom stereocenters. The molecule has 1 amide bonds. The molecule has 0 unspecified atom stereocenters. The van der Waals surface area contributed by atoms with E-state index in [0.29, 0.717) is 11.8 Å². The van der Waals surface area contributed by atoms with E-state index in [9.17, 15) is 18.0 Å². The predicted molar refractivity (Wildman–Crippen MR) is 111 cm³/mol. The van der Waals surface area contributed by atoms with Gasteiger partial charge in [-0.3, -0.25) is 9.78 Å². The Morgan fingerprint density at radius 2 is 1.81 bits per heavy atom. The number of hydrogen-bond donors (Lipinski definition) is 1. The van der Waals surface area contributed by atoms with E-state index in [1.54, 1.807) is 6.20 Å². The molecule has 0 saturated heterocycles. The van der Waals surface area contributed by atoms with Crippen molar-refractivity contribution in [1.29, 1.82) is 0 Å². The third-order valence-corrected chi connectivity index (χ3v) is 5.88. The highest BCUT2D eigenvalue weighted by atomic mass is 19.4. The quantitative estimate of drug-likeness (QED) is 0.762. The summed E-state index contributed by atoms with van der Waals surface area (Å²) in [6, 6.07) is 4.01. The van der Waals surface area contributed by atoms with Crippen molar-refractivity contribution in [2.24, 2.45) is 5.92 Å². The molecular weight excluding hydrogens is 425 g/mol. The second-order valence-corrected chi connectivity index (χ2v) is 8.09. The molecule has 1 saturated carbocycles. The highest BCUT2D eigenvalue weighted by Crippen LogP contribution is 2.27. The molecule has 7 nitrogen and oxygen atoms in total. The van der Waals surface area contributed by atoms with E-state index < -0.39 is 12.1 Å². The number of carboxylic acid groups (broad SMARTS) is 1. The smallest absolute Gasteiger partial charge is 0.475 e. The molecule has 0 radical (unpaired) electrons. The van der Waals surface area contributed by atoms with Gasteiger partial charge in [-0.25, -0.2) is 9.78 Å². The molecular formula is C22H27F3N4O3. The maximum Gasteiger partial charge on any atom is 0.490 e. The van der Waals surface area contributed by atoms with Crippen LogP contribution in [0.15, 0.2) is 30.7 Å². The Morgan fingerprint density at radius 1 is 1.09 bits per heavy atom. The third-order valence-electron chi connectivity index (χ3n) is 5.88. The monoisotopic (exact) mass is 452 g/mol. The number of aliphatic carboxylic acids is 1. The van der Waals surface area contributed by atoms with Crippen molar-refractivity contribution in [2.75, 3.05) is 13.1 Å². The lowest BCUT2D eigenvalue weighted by Crippen LogP contribution is -2.35. The van der Waals surface area contributed by atoms with Gasteiger partial charge in [-0.1, -0.05) is 19.3 Å². The van der Waals surface area contributed by atoms with Crippen molar-refractivity contribution in [3.05, 3.63) is 36.5 Å². The topological polar surface area (TPSA) is 88.3 Å². The summed E-state index contributed by atoms with van der Waals surface area (Å²) < 4.78 is 34.0. The number of rotatable bonds is 3. The summed E-state index contributed by atoms with van der Waals surface area (Å²) >= 11 is 0. The van der Waals surface area contributed by atoms with Gasteiger partial charge in [0.05, 0.1) is 11.9 Å². The van der Waals surface area contributed by atoms with Gasteiger partial charge in [0, 0.05) is 50.4 Å². The van der Waals surface area contributed by atoms with Gasteiger partial charge < -0.3 is 14.6 Å². The van der Waals surface area contributed by atoms with Gasteiger partial charge >= 0.3 is 12.1 Å². The third kappa shape index (κ3) is 6.30. The molecule has 0 aromatic carbocycles. The van der Waals surface area contributed by atoms with Gasteiger partial charge in [-0.2, -0.15) is 13.2 Å². The first-order valence-corrected chi connectivity index (χ1v) is 10.8. The van der Waals surface area contributed by atoms with E-state index in [1.165, 1.54) is 32.1 Å². The number of nitrogens with zero attached hydrogens (tertiary/aromatic N) is 4. The van der Waals surface area contributed by atoms with E-state index >= 15 is 0 Å². The molecule has 10 heteroatoms. The van der Waals surface area contributed by atoms with Crippen LogP contribution in [0.1, 0.15) is 44.3 Å². The SMILES string of the molecule is O=C(CC1CCCCC1)N1CCc2ncc(-c3cccnc3)n2CC1.O=C(O)C(F)(F)F. The molecule has 1 N–H and O–H groups in total. The summed E-state index contributed by atoms with van der Waals surface area (Å²) in [5.74, 6) is -0.743. The number of carboxylic acids is 1. The zero-order valence-corrected chi connectivity index (χ0v) is 17.7. The fraction of sp³-hybridized carbons (Fsp3) is 0.545. The van der Waals surface area contributed by atoms with Crippen molar-refractivity contribution >= 4 is 11.9 Å². The number of imidazole rings is 1. The number of aromatic nitrogens is 3. The predicted octanol–water partition coefficient (Wildman–Crippen LogP) is 3.93. The molecule has 32 heavy (non-hydrogen) atoms. The molecule has 0 spiro atoms. The summed E-state index contributed by atoms with van der Waals surface area (Å²) in [6.45, 7) is 2.38. The molecule has 1 aliphatic carbocycles. The molecule has 1 aliphatic heterocycles. The minimum Gasteiger partial charge on any atom is -0.475 e. The van der Waals surface area contributed by atoms with Crippen molar-refractivity contribution in [2.45, 2.75) is 57.7 Å². The first-order chi connectivity index (χ1) is 15.3. The van der Waals surface area contributed by atoms with E-state index in [4.69, 9.17) is 9.90 Å². The second-order valence-electron chi connectivity index (χ2n) is 8.09. The number of amides is 1. The van der Waals surface area contributed by atoms with Crippen molar-refractivity contribution in [3.8, 4) is 11.3 Å². The minimum atomic E-state index is -5.08. The number of fused-ring (bicyclic) bond motifs is 1.